The summed E-state index contributed by atoms with van der Waals surface area (Å²) in [5.41, 5.74) is 3.98. The lowest BCUT2D eigenvalue weighted by molar-refractivity contribution is -0.122. The zero-order chi connectivity index (χ0) is 22.5. The molecule has 166 valence electrons. The van der Waals surface area contributed by atoms with E-state index in [4.69, 9.17) is 4.74 Å². The quantitative estimate of drug-likeness (QED) is 0.559. The Balaban J connectivity index is 1.54. The summed E-state index contributed by atoms with van der Waals surface area (Å²) in [6.07, 6.45) is 1.93. The zero-order valence-corrected chi connectivity index (χ0v) is 18.6. The Morgan fingerprint density at radius 3 is 2.38 bits per heavy atom. The van der Waals surface area contributed by atoms with Gasteiger partial charge in [-0.2, -0.15) is 0 Å². The summed E-state index contributed by atoms with van der Waals surface area (Å²) in [5.74, 6) is 1.33. The van der Waals surface area contributed by atoms with Crippen LogP contribution in [-0.2, 0) is 4.79 Å². The summed E-state index contributed by atoms with van der Waals surface area (Å²) in [6.45, 7) is 3.64. The molecule has 32 heavy (non-hydrogen) atoms. The van der Waals surface area contributed by atoms with Gasteiger partial charge in [-0.25, -0.2) is 0 Å². The second-order valence-electron chi connectivity index (χ2n) is 8.41. The molecule has 1 aliphatic heterocycles. The summed E-state index contributed by atoms with van der Waals surface area (Å²) in [4.78, 5) is 15.8. The van der Waals surface area contributed by atoms with Gasteiger partial charge >= 0.3 is 0 Å². The summed E-state index contributed by atoms with van der Waals surface area (Å²) < 4.78 is 5.46. The van der Waals surface area contributed by atoms with Crippen LogP contribution in [0.5, 0.6) is 11.5 Å². The lowest BCUT2D eigenvalue weighted by Crippen LogP contribution is -2.41. The number of amides is 1. The van der Waals surface area contributed by atoms with Gasteiger partial charge in [0.15, 0.2) is 0 Å². The van der Waals surface area contributed by atoms with Crippen LogP contribution in [0.25, 0.3) is 0 Å². The molecule has 5 heteroatoms. The van der Waals surface area contributed by atoms with Crippen molar-refractivity contribution in [3.63, 3.8) is 0 Å². The molecule has 0 saturated carbocycles. The van der Waals surface area contributed by atoms with Crippen molar-refractivity contribution in [2.24, 2.45) is 0 Å². The van der Waals surface area contributed by atoms with Crippen LogP contribution in [0.4, 0.5) is 5.69 Å². The minimum absolute atomic E-state index is 0.0526. The number of piperidine rings is 1. The number of phenolic OH excluding ortho intramolecular Hbond substituents is 1. The first-order chi connectivity index (χ1) is 15.5. The van der Waals surface area contributed by atoms with Gasteiger partial charge in [0.1, 0.15) is 17.5 Å². The largest absolute Gasteiger partial charge is 0.508 e. The number of rotatable bonds is 6. The van der Waals surface area contributed by atoms with Crippen molar-refractivity contribution in [2.75, 3.05) is 25.5 Å². The third-order valence-electron chi connectivity index (χ3n) is 6.24. The average Bonchev–Trinajstić information content (AvgIpc) is 2.81. The van der Waals surface area contributed by atoms with Gasteiger partial charge < -0.3 is 15.2 Å². The summed E-state index contributed by atoms with van der Waals surface area (Å²) in [6, 6.07) is 22.9. The fourth-order valence-electron chi connectivity index (χ4n) is 4.52. The molecule has 1 amide bonds. The van der Waals surface area contributed by atoms with Crippen LogP contribution in [0.2, 0.25) is 0 Å². The van der Waals surface area contributed by atoms with Gasteiger partial charge in [-0.15, -0.1) is 0 Å². The maximum Gasteiger partial charge on any atom is 0.246 e. The zero-order valence-electron chi connectivity index (χ0n) is 18.6. The molecule has 1 heterocycles. The third-order valence-corrected chi connectivity index (χ3v) is 6.24. The molecule has 0 aromatic heterocycles. The SMILES string of the molecule is COc1ccc(C)cc1NC(=O)C(c1ccccc1)N1CCC(c2ccc(O)cc2)CC1. The third kappa shape index (κ3) is 4.94. The van der Waals surface area contributed by atoms with Crippen LogP contribution in [0.1, 0.15) is 41.5 Å². The predicted octanol–water partition coefficient (Wildman–Crippen LogP) is 5.27. The number of aryl methyl sites for hydroxylation is 1. The number of carbonyl (C=O) groups is 1. The number of methoxy groups -OCH3 is 1. The van der Waals surface area contributed by atoms with E-state index in [1.807, 2.05) is 67.6 Å². The van der Waals surface area contributed by atoms with Crippen molar-refractivity contribution < 1.29 is 14.6 Å². The van der Waals surface area contributed by atoms with Crippen LogP contribution < -0.4 is 10.1 Å². The molecule has 1 aliphatic rings. The Kier molecular flexibility index (Phi) is 6.76. The maximum absolute atomic E-state index is 13.5. The molecule has 5 nitrogen and oxygen atoms in total. The molecular weight excluding hydrogens is 400 g/mol. The highest BCUT2D eigenvalue weighted by Crippen LogP contribution is 2.34. The normalized spacial score (nSPS) is 15.8. The molecule has 3 aromatic carbocycles. The van der Waals surface area contributed by atoms with Gasteiger partial charge in [0.25, 0.3) is 0 Å². The van der Waals surface area contributed by atoms with Gasteiger partial charge in [-0.3, -0.25) is 9.69 Å². The average molecular weight is 431 g/mol. The number of likely N-dealkylation sites (tertiary alicyclic amines) is 1. The molecule has 1 fully saturated rings. The van der Waals surface area contributed by atoms with Gasteiger partial charge in [0.05, 0.1) is 12.8 Å². The van der Waals surface area contributed by atoms with E-state index in [1.54, 1.807) is 19.2 Å². The number of benzene rings is 3. The van der Waals surface area contributed by atoms with Crippen molar-refractivity contribution in [1.82, 2.24) is 4.90 Å². The van der Waals surface area contributed by atoms with Crippen molar-refractivity contribution in [2.45, 2.75) is 31.7 Å². The van der Waals surface area contributed by atoms with E-state index < -0.39 is 0 Å². The molecule has 0 radical (unpaired) electrons. The molecule has 0 bridgehead atoms. The molecule has 0 aliphatic carbocycles. The Bertz CT molecular complexity index is 1040. The lowest BCUT2D eigenvalue weighted by atomic mass is 9.88. The number of anilines is 1. The second-order valence-corrected chi connectivity index (χ2v) is 8.41. The van der Waals surface area contributed by atoms with Gasteiger partial charge in [0, 0.05) is 0 Å². The molecule has 1 unspecified atom stereocenters. The van der Waals surface area contributed by atoms with Crippen molar-refractivity contribution in [1.29, 1.82) is 0 Å². The standard InChI is InChI=1S/C27H30N2O3/c1-19-8-13-25(32-2)24(18-19)28-27(31)26(22-6-4-3-5-7-22)29-16-14-21(15-17-29)20-9-11-23(30)12-10-20/h3-13,18,21,26,30H,14-17H2,1-2H3,(H,28,31). The van der Waals surface area contributed by atoms with E-state index in [-0.39, 0.29) is 11.9 Å². The molecule has 1 atom stereocenters. The summed E-state index contributed by atoms with van der Waals surface area (Å²) >= 11 is 0. The highest BCUT2D eigenvalue weighted by atomic mass is 16.5. The monoisotopic (exact) mass is 430 g/mol. The fourth-order valence-corrected chi connectivity index (χ4v) is 4.52. The number of hydrogen-bond acceptors (Lipinski definition) is 4. The maximum atomic E-state index is 13.5. The molecule has 4 rings (SSSR count). The first-order valence-corrected chi connectivity index (χ1v) is 11.1. The van der Waals surface area contributed by atoms with Crippen LogP contribution in [0.3, 0.4) is 0 Å². The minimum Gasteiger partial charge on any atom is -0.508 e. The van der Waals surface area contributed by atoms with E-state index >= 15 is 0 Å². The smallest absolute Gasteiger partial charge is 0.246 e. The lowest BCUT2D eigenvalue weighted by Gasteiger charge is -2.37. The first-order valence-electron chi connectivity index (χ1n) is 11.1. The first kappa shape index (κ1) is 21.9. The topological polar surface area (TPSA) is 61.8 Å². The molecule has 0 spiro atoms. The van der Waals surface area contributed by atoms with E-state index in [0.29, 0.717) is 23.1 Å². The summed E-state index contributed by atoms with van der Waals surface area (Å²) in [5, 5.41) is 12.7. The Hall–Kier alpha value is -3.31. The Morgan fingerprint density at radius 1 is 1.03 bits per heavy atom. The summed E-state index contributed by atoms with van der Waals surface area (Å²) in [7, 11) is 1.61. The number of aromatic hydroxyl groups is 1. The highest BCUT2D eigenvalue weighted by Gasteiger charge is 2.32. The van der Waals surface area contributed by atoms with E-state index in [2.05, 4.69) is 10.2 Å². The number of hydrogen-bond donors (Lipinski definition) is 2. The van der Waals surface area contributed by atoms with Crippen LogP contribution in [0, 0.1) is 6.92 Å². The van der Waals surface area contributed by atoms with Crippen LogP contribution in [0.15, 0.2) is 72.8 Å². The number of carbonyl (C=O) groups excluding carboxylic acids is 1. The Labute approximate surface area is 189 Å². The predicted molar refractivity (Wildman–Crippen MR) is 127 cm³/mol. The van der Waals surface area contributed by atoms with Crippen LogP contribution >= 0.6 is 0 Å². The fraction of sp³-hybridized carbons (Fsp3) is 0.296. The van der Waals surface area contributed by atoms with Gasteiger partial charge in [-0.05, 0) is 79.7 Å². The van der Waals surface area contributed by atoms with Gasteiger partial charge in [-0.1, -0.05) is 48.5 Å². The number of ether oxygens (including phenoxy) is 1. The number of nitrogens with zero attached hydrogens (tertiary/aromatic N) is 1. The van der Waals surface area contributed by atoms with E-state index in [0.717, 1.165) is 37.1 Å². The van der Waals surface area contributed by atoms with Crippen LogP contribution in [-0.4, -0.2) is 36.1 Å². The van der Waals surface area contributed by atoms with E-state index in [9.17, 15) is 9.90 Å². The van der Waals surface area contributed by atoms with Crippen molar-refractivity contribution in [3.8, 4) is 11.5 Å². The Morgan fingerprint density at radius 2 is 1.72 bits per heavy atom. The van der Waals surface area contributed by atoms with Crippen molar-refractivity contribution in [3.05, 3.63) is 89.5 Å². The second kappa shape index (κ2) is 9.88. The molecular formula is C27H30N2O3. The molecule has 2 N–H and O–H groups in total. The highest BCUT2D eigenvalue weighted by molar-refractivity contribution is 5.96. The van der Waals surface area contributed by atoms with Gasteiger partial charge in [0.2, 0.25) is 5.91 Å². The number of phenols is 1. The van der Waals surface area contributed by atoms with Crippen molar-refractivity contribution >= 4 is 11.6 Å². The number of nitrogens with one attached hydrogen (secondary N) is 1. The molecule has 3 aromatic rings. The van der Waals surface area contributed by atoms with E-state index in [1.165, 1.54) is 5.56 Å². The molecule has 1 saturated heterocycles. The minimum atomic E-state index is -0.373.